The summed E-state index contributed by atoms with van der Waals surface area (Å²) < 4.78 is 18.1. The lowest BCUT2D eigenvalue weighted by Gasteiger charge is -2.22. The van der Waals surface area contributed by atoms with Crippen molar-refractivity contribution in [1.29, 1.82) is 0 Å². The molecule has 1 amide bonds. The smallest absolute Gasteiger partial charge is 0.242 e. The molecule has 0 heterocycles. The van der Waals surface area contributed by atoms with E-state index in [1.165, 1.54) is 12.1 Å². The van der Waals surface area contributed by atoms with Crippen molar-refractivity contribution in [2.45, 2.75) is 13.8 Å². The quantitative estimate of drug-likeness (QED) is 0.494. The molecule has 4 nitrogen and oxygen atoms in total. The van der Waals surface area contributed by atoms with Crippen LogP contribution in [-0.2, 0) is 4.79 Å². The third kappa shape index (κ3) is 3.57. The standard InChI is InChI=1S/C11H14ClFN2O2/c1-11(2,10(16)15-14)6-17-9-4-3-7(13)5-8(9)12/h3-5H,6,14H2,1-2H3,(H,15,16). The van der Waals surface area contributed by atoms with Crippen LogP contribution >= 0.6 is 11.6 Å². The summed E-state index contributed by atoms with van der Waals surface area (Å²) in [5.41, 5.74) is 1.25. The van der Waals surface area contributed by atoms with Gasteiger partial charge >= 0.3 is 0 Å². The zero-order chi connectivity index (χ0) is 13.1. The van der Waals surface area contributed by atoms with Crippen molar-refractivity contribution in [3.8, 4) is 5.75 Å². The summed E-state index contributed by atoms with van der Waals surface area (Å²) >= 11 is 5.78. The number of benzene rings is 1. The van der Waals surface area contributed by atoms with Crippen LogP contribution in [0.2, 0.25) is 5.02 Å². The zero-order valence-corrected chi connectivity index (χ0v) is 10.3. The Morgan fingerprint density at radius 1 is 1.59 bits per heavy atom. The molecular weight excluding hydrogens is 247 g/mol. The van der Waals surface area contributed by atoms with Crippen molar-refractivity contribution in [3.63, 3.8) is 0 Å². The van der Waals surface area contributed by atoms with E-state index in [0.29, 0.717) is 5.75 Å². The fourth-order valence-corrected chi connectivity index (χ4v) is 1.33. The molecule has 0 saturated heterocycles. The van der Waals surface area contributed by atoms with Gasteiger partial charge in [0.2, 0.25) is 5.91 Å². The van der Waals surface area contributed by atoms with Gasteiger partial charge in [-0.05, 0) is 32.0 Å². The second-order valence-electron chi connectivity index (χ2n) is 4.22. The van der Waals surface area contributed by atoms with E-state index in [0.717, 1.165) is 6.07 Å². The monoisotopic (exact) mass is 260 g/mol. The second-order valence-corrected chi connectivity index (χ2v) is 4.63. The number of rotatable bonds is 4. The molecule has 0 radical (unpaired) electrons. The summed E-state index contributed by atoms with van der Waals surface area (Å²) in [4.78, 5) is 11.4. The third-order valence-corrected chi connectivity index (χ3v) is 2.52. The number of hydrogen-bond acceptors (Lipinski definition) is 3. The lowest BCUT2D eigenvalue weighted by molar-refractivity contribution is -0.130. The SMILES string of the molecule is CC(C)(COc1ccc(F)cc1Cl)C(=O)NN. The molecule has 94 valence electrons. The topological polar surface area (TPSA) is 64.3 Å². The molecule has 0 aliphatic carbocycles. The van der Waals surface area contributed by atoms with Crippen LogP contribution in [0.3, 0.4) is 0 Å². The molecule has 0 aliphatic heterocycles. The number of hydrogen-bond donors (Lipinski definition) is 2. The molecule has 0 fully saturated rings. The lowest BCUT2D eigenvalue weighted by atomic mass is 9.94. The highest BCUT2D eigenvalue weighted by molar-refractivity contribution is 6.32. The predicted molar refractivity (Wildman–Crippen MR) is 63.0 cm³/mol. The van der Waals surface area contributed by atoms with Gasteiger partial charge < -0.3 is 4.74 Å². The maximum Gasteiger partial charge on any atom is 0.242 e. The second kappa shape index (κ2) is 5.33. The van der Waals surface area contributed by atoms with Crippen molar-refractivity contribution in [1.82, 2.24) is 5.43 Å². The number of carbonyl (C=O) groups excluding carboxylic acids is 1. The van der Waals surface area contributed by atoms with Crippen LogP contribution in [0, 0.1) is 11.2 Å². The highest BCUT2D eigenvalue weighted by Gasteiger charge is 2.28. The number of ether oxygens (including phenoxy) is 1. The van der Waals surface area contributed by atoms with Crippen molar-refractivity contribution >= 4 is 17.5 Å². The Labute approximate surface area is 104 Å². The van der Waals surface area contributed by atoms with Crippen LogP contribution in [0.5, 0.6) is 5.75 Å². The number of amides is 1. The first-order valence-corrected chi connectivity index (χ1v) is 5.33. The van der Waals surface area contributed by atoms with E-state index in [1.54, 1.807) is 13.8 Å². The molecule has 1 aromatic rings. The molecule has 17 heavy (non-hydrogen) atoms. The molecule has 1 aromatic carbocycles. The Balaban J connectivity index is 2.70. The molecule has 0 aliphatic rings. The summed E-state index contributed by atoms with van der Waals surface area (Å²) in [6, 6.07) is 3.79. The predicted octanol–water partition coefficient (Wildman–Crippen LogP) is 1.87. The van der Waals surface area contributed by atoms with Gasteiger partial charge in [0.15, 0.2) is 0 Å². The molecule has 0 atom stereocenters. The van der Waals surface area contributed by atoms with E-state index >= 15 is 0 Å². The Kier molecular flexibility index (Phi) is 4.31. The average Bonchev–Trinajstić information content (AvgIpc) is 2.26. The molecular formula is C11H14ClFN2O2. The van der Waals surface area contributed by atoms with Gasteiger partial charge in [-0.1, -0.05) is 11.6 Å². The third-order valence-electron chi connectivity index (χ3n) is 2.23. The van der Waals surface area contributed by atoms with Gasteiger partial charge in [0.1, 0.15) is 18.2 Å². The minimum Gasteiger partial charge on any atom is -0.491 e. The van der Waals surface area contributed by atoms with Crippen LogP contribution < -0.4 is 16.0 Å². The minimum absolute atomic E-state index is 0.0847. The van der Waals surface area contributed by atoms with E-state index in [-0.39, 0.29) is 17.5 Å². The molecule has 0 unspecified atom stereocenters. The molecule has 6 heteroatoms. The van der Waals surface area contributed by atoms with Crippen molar-refractivity contribution in [2.24, 2.45) is 11.3 Å². The summed E-state index contributed by atoms with van der Waals surface area (Å²) in [6.45, 7) is 3.43. The largest absolute Gasteiger partial charge is 0.491 e. The molecule has 1 rings (SSSR count). The molecule has 0 saturated carbocycles. The van der Waals surface area contributed by atoms with Crippen LogP contribution in [-0.4, -0.2) is 12.5 Å². The number of nitrogens with two attached hydrogens (primary N) is 1. The van der Waals surface area contributed by atoms with Gasteiger partial charge in [0.25, 0.3) is 0 Å². The van der Waals surface area contributed by atoms with Crippen molar-refractivity contribution in [3.05, 3.63) is 29.0 Å². The zero-order valence-electron chi connectivity index (χ0n) is 9.59. The van der Waals surface area contributed by atoms with Gasteiger partial charge in [-0.25, -0.2) is 10.2 Å². The van der Waals surface area contributed by atoms with Gasteiger partial charge in [0.05, 0.1) is 10.4 Å². The fourth-order valence-electron chi connectivity index (χ4n) is 1.11. The first kappa shape index (κ1) is 13.7. The minimum atomic E-state index is -0.799. The Morgan fingerprint density at radius 3 is 2.76 bits per heavy atom. The summed E-state index contributed by atoms with van der Waals surface area (Å²) in [5, 5.41) is 0.161. The van der Waals surface area contributed by atoms with Gasteiger partial charge in [0, 0.05) is 0 Å². The maximum atomic E-state index is 12.8. The average molecular weight is 261 g/mol. The summed E-state index contributed by atoms with van der Waals surface area (Å²) in [6.07, 6.45) is 0. The highest BCUT2D eigenvalue weighted by atomic mass is 35.5. The van der Waals surface area contributed by atoms with Crippen LogP contribution in [0.1, 0.15) is 13.8 Å². The van der Waals surface area contributed by atoms with Gasteiger partial charge in [-0.15, -0.1) is 0 Å². The fraction of sp³-hybridized carbons (Fsp3) is 0.364. The Hall–Kier alpha value is -1.33. The normalized spacial score (nSPS) is 11.1. The van der Waals surface area contributed by atoms with Crippen LogP contribution in [0.25, 0.3) is 0 Å². The van der Waals surface area contributed by atoms with E-state index in [4.69, 9.17) is 22.2 Å². The van der Waals surface area contributed by atoms with E-state index in [9.17, 15) is 9.18 Å². The van der Waals surface area contributed by atoms with Crippen molar-refractivity contribution < 1.29 is 13.9 Å². The summed E-state index contributed by atoms with van der Waals surface area (Å²) in [7, 11) is 0. The van der Waals surface area contributed by atoms with E-state index in [1.807, 2.05) is 0 Å². The van der Waals surface area contributed by atoms with Crippen molar-refractivity contribution in [2.75, 3.05) is 6.61 Å². The number of nitrogens with one attached hydrogen (secondary N) is 1. The number of carbonyl (C=O) groups is 1. The molecule has 3 N–H and O–H groups in total. The Bertz CT molecular complexity index is 424. The number of halogens is 2. The number of hydrazine groups is 1. The van der Waals surface area contributed by atoms with Crippen LogP contribution in [0.15, 0.2) is 18.2 Å². The Morgan fingerprint density at radius 2 is 2.24 bits per heavy atom. The summed E-state index contributed by atoms with van der Waals surface area (Å²) in [5.74, 6) is 4.58. The molecule has 0 aromatic heterocycles. The highest BCUT2D eigenvalue weighted by Crippen LogP contribution is 2.27. The van der Waals surface area contributed by atoms with Gasteiger partial charge in [-0.3, -0.25) is 10.2 Å². The molecule has 0 bridgehead atoms. The maximum absolute atomic E-state index is 12.8. The van der Waals surface area contributed by atoms with E-state index < -0.39 is 11.2 Å². The van der Waals surface area contributed by atoms with Gasteiger partial charge in [-0.2, -0.15) is 0 Å². The lowest BCUT2D eigenvalue weighted by Crippen LogP contribution is -2.44. The first-order valence-electron chi connectivity index (χ1n) is 4.96. The molecule has 0 spiro atoms. The van der Waals surface area contributed by atoms with E-state index in [2.05, 4.69) is 5.43 Å². The van der Waals surface area contributed by atoms with Crippen LogP contribution in [0.4, 0.5) is 4.39 Å². The first-order chi connectivity index (χ1) is 7.86.